The lowest BCUT2D eigenvalue weighted by Crippen LogP contribution is -2.55. The number of amides is 3. The van der Waals surface area contributed by atoms with E-state index in [1.54, 1.807) is 26.8 Å². The van der Waals surface area contributed by atoms with Crippen molar-refractivity contribution in [2.75, 3.05) is 19.6 Å². The van der Waals surface area contributed by atoms with Crippen LogP contribution in [0.1, 0.15) is 41.8 Å². The number of hydrogen-bond acceptors (Lipinski definition) is 5. The Morgan fingerprint density at radius 1 is 1.28 bits per heavy atom. The summed E-state index contributed by atoms with van der Waals surface area (Å²) in [6, 6.07) is 1.92. The molecular weight excluding hydrogens is 424 g/mol. The second-order valence-electron chi connectivity index (χ2n) is 7.75. The summed E-state index contributed by atoms with van der Waals surface area (Å²) in [6.45, 7) is 7.15. The number of rotatable bonds is 11. The molecule has 0 saturated heterocycles. The van der Waals surface area contributed by atoms with Crippen LogP contribution in [0, 0.1) is 13.8 Å². The van der Waals surface area contributed by atoms with Crippen molar-refractivity contribution in [3.8, 4) is 5.75 Å². The van der Waals surface area contributed by atoms with Gasteiger partial charge in [0.1, 0.15) is 5.75 Å². The molecule has 2 unspecified atom stereocenters. The topological polar surface area (TPSA) is 119 Å². The monoisotopic (exact) mass is 455 g/mol. The predicted octanol–water partition coefficient (Wildman–Crippen LogP) is 1.66. The van der Waals surface area contributed by atoms with Crippen molar-refractivity contribution in [2.45, 2.75) is 52.2 Å². The maximum absolute atomic E-state index is 13.6. The third kappa shape index (κ3) is 7.92. The molecule has 8 nitrogen and oxygen atoms in total. The molecule has 0 aliphatic rings. The lowest BCUT2D eigenvalue weighted by molar-refractivity contribution is -0.149. The second kappa shape index (κ2) is 11.6. The molecule has 32 heavy (non-hydrogen) atoms. The van der Waals surface area contributed by atoms with Crippen molar-refractivity contribution >= 4 is 17.7 Å². The summed E-state index contributed by atoms with van der Waals surface area (Å²) in [4.78, 5) is 38.0. The second-order valence-corrected chi connectivity index (χ2v) is 7.75. The Balaban J connectivity index is 3.05. The Morgan fingerprint density at radius 2 is 1.91 bits per heavy atom. The molecule has 0 aliphatic carbocycles. The van der Waals surface area contributed by atoms with E-state index in [1.807, 2.05) is 0 Å². The Kier molecular flexibility index (Phi) is 9.77. The van der Waals surface area contributed by atoms with Crippen LogP contribution in [0.2, 0.25) is 0 Å². The molecule has 0 bridgehead atoms. The fourth-order valence-corrected chi connectivity index (χ4v) is 3.05. The van der Waals surface area contributed by atoms with Gasteiger partial charge in [0.15, 0.2) is 6.10 Å². The van der Waals surface area contributed by atoms with Gasteiger partial charge in [-0.3, -0.25) is 14.4 Å². The molecule has 1 aromatic carbocycles. The average molecular weight is 456 g/mol. The highest BCUT2D eigenvalue weighted by Gasteiger charge is 2.35. The van der Waals surface area contributed by atoms with E-state index >= 15 is 0 Å². The van der Waals surface area contributed by atoms with Crippen molar-refractivity contribution in [1.82, 2.24) is 15.5 Å². The Morgan fingerprint density at radius 3 is 2.44 bits per heavy atom. The number of aliphatic hydroxyl groups excluding tert-OH is 1. The van der Waals surface area contributed by atoms with Crippen LogP contribution in [0.5, 0.6) is 5.75 Å². The number of aromatic hydroxyl groups is 1. The molecule has 0 saturated carbocycles. The zero-order valence-corrected chi connectivity index (χ0v) is 18.7. The zero-order chi connectivity index (χ0) is 24.6. The van der Waals surface area contributed by atoms with E-state index < -0.39 is 48.9 Å². The van der Waals surface area contributed by atoms with Crippen LogP contribution in [0.3, 0.4) is 0 Å². The van der Waals surface area contributed by atoms with E-state index in [1.165, 1.54) is 12.1 Å². The van der Waals surface area contributed by atoms with E-state index in [4.69, 9.17) is 0 Å². The van der Waals surface area contributed by atoms with E-state index in [2.05, 4.69) is 17.2 Å². The Bertz CT molecular complexity index is 855. The predicted molar refractivity (Wildman–Crippen MR) is 116 cm³/mol. The first-order valence-electron chi connectivity index (χ1n) is 10.1. The van der Waals surface area contributed by atoms with Crippen molar-refractivity contribution < 1.29 is 33.4 Å². The number of halogens is 2. The summed E-state index contributed by atoms with van der Waals surface area (Å²) in [5.74, 6) is -5.85. The Labute approximate surface area is 186 Å². The van der Waals surface area contributed by atoms with E-state index in [9.17, 15) is 33.4 Å². The molecule has 0 spiro atoms. The molecule has 0 aromatic heterocycles. The summed E-state index contributed by atoms with van der Waals surface area (Å²) in [5.41, 5.74) is 1.10. The minimum atomic E-state index is -3.31. The number of hydrogen-bond donors (Lipinski definition) is 4. The van der Waals surface area contributed by atoms with Gasteiger partial charge in [-0.05, 0) is 38.0 Å². The molecule has 178 valence electrons. The fraction of sp³-hybridized carbons (Fsp3) is 0.500. The maximum atomic E-state index is 13.6. The summed E-state index contributed by atoms with van der Waals surface area (Å²) >= 11 is 0. The molecule has 1 aromatic rings. The van der Waals surface area contributed by atoms with Crippen LogP contribution in [0.25, 0.3) is 0 Å². The van der Waals surface area contributed by atoms with Crippen LogP contribution in [0.4, 0.5) is 8.78 Å². The van der Waals surface area contributed by atoms with Gasteiger partial charge < -0.3 is 25.7 Å². The third-order valence-corrected chi connectivity index (χ3v) is 4.72. The lowest BCUT2D eigenvalue weighted by Gasteiger charge is -2.30. The molecule has 0 aliphatic heterocycles. The van der Waals surface area contributed by atoms with Gasteiger partial charge in [0, 0.05) is 24.6 Å². The molecule has 3 amide bonds. The van der Waals surface area contributed by atoms with Crippen molar-refractivity contribution in [2.24, 2.45) is 0 Å². The van der Waals surface area contributed by atoms with Crippen molar-refractivity contribution in [3.05, 3.63) is 41.5 Å². The standard InChI is InChI=1S/C22H31F2N3O5/c1-6-8-25-18(29)11-27(12-22(5,23)24)21(32)19(30)16(7-2)26-20(31)15-9-13(3)10-17(28)14(15)4/h6,9-10,16,19,28,30H,1,7-8,11-12H2,2-5H3,(H,25,29)(H,26,31). The average Bonchev–Trinajstić information content (AvgIpc) is 2.70. The van der Waals surface area contributed by atoms with Gasteiger partial charge in [-0.2, -0.15) is 0 Å². The summed E-state index contributed by atoms with van der Waals surface area (Å²) in [6.07, 6.45) is -0.368. The number of nitrogens with one attached hydrogen (secondary N) is 2. The number of aliphatic hydroxyl groups is 1. The molecule has 0 fully saturated rings. The molecule has 0 radical (unpaired) electrons. The van der Waals surface area contributed by atoms with Crippen LogP contribution >= 0.6 is 0 Å². The number of benzene rings is 1. The van der Waals surface area contributed by atoms with Gasteiger partial charge in [-0.25, -0.2) is 8.78 Å². The van der Waals surface area contributed by atoms with Crippen LogP contribution in [-0.4, -0.2) is 70.5 Å². The largest absolute Gasteiger partial charge is 0.508 e. The van der Waals surface area contributed by atoms with Gasteiger partial charge in [0.05, 0.1) is 19.1 Å². The molecule has 2 atom stereocenters. The minimum absolute atomic E-state index is 0.0817. The first kappa shape index (κ1) is 27.0. The first-order valence-corrected chi connectivity index (χ1v) is 10.1. The van der Waals surface area contributed by atoms with Gasteiger partial charge >= 0.3 is 0 Å². The number of carbonyl (C=O) groups is 3. The molecule has 1 rings (SSSR count). The smallest absolute Gasteiger partial charge is 0.262 e. The fourth-order valence-electron chi connectivity index (χ4n) is 3.05. The number of phenols is 1. The van der Waals surface area contributed by atoms with Crippen LogP contribution < -0.4 is 10.6 Å². The summed E-state index contributed by atoms with van der Waals surface area (Å²) in [5, 5.41) is 25.4. The van der Waals surface area contributed by atoms with E-state index in [-0.39, 0.29) is 24.3 Å². The first-order chi connectivity index (χ1) is 14.8. The molecule has 4 N–H and O–H groups in total. The zero-order valence-electron chi connectivity index (χ0n) is 18.7. The number of aryl methyl sites for hydroxylation is 1. The quantitative estimate of drug-likeness (QED) is 0.379. The molecule has 10 heteroatoms. The normalized spacial score (nSPS) is 13.1. The highest BCUT2D eigenvalue weighted by atomic mass is 19.3. The highest BCUT2D eigenvalue weighted by molar-refractivity contribution is 5.97. The van der Waals surface area contributed by atoms with Gasteiger partial charge in [0.2, 0.25) is 5.91 Å². The van der Waals surface area contributed by atoms with Crippen molar-refractivity contribution in [3.63, 3.8) is 0 Å². The number of carbonyl (C=O) groups excluding carboxylic acids is 3. The van der Waals surface area contributed by atoms with Gasteiger partial charge in [-0.1, -0.05) is 13.0 Å². The maximum Gasteiger partial charge on any atom is 0.262 e. The Hall–Kier alpha value is -3.01. The SMILES string of the molecule is C=CCNC(=O)CN(CC(C)(F)F)C(=O)C(O)C(CC)NC(=O)c1cc(C)cc(O)c1C. The third-order valence-electron chi connectivity index (χ3n) is 4.72. The molecule has 0 heterocycles. The number of phenolic OH excluding ortho intramolecular Hbond substituents is 1. The van der Waals surface area contributed by atoms with Crippen molar-refractivity contribution in [1.29, 1.82) is 0 Å². The summed E-state index contributed by atoms with van der Waals surface area (Å²) < 4.78 is 27.2. The number of alkyl halides is 2. The summed E-state index contributed by atoms with van der Waals surface area (Å²) in [7, 11) is 0. The minimum Gasteiger partial charge on any atom is -0.508 e. The number of nitrogens with zero attached hydrogens (tertiary/aromatic N) is 1. The van der Waals surface area contributed by atoms with E-state index in [0.717, 1.165) is 0 Å². The molecular formula is C22H31F2N3O5. The highest BCUT2D eigenvalue weighted by Crippen LogP contribution is 2.23. The van der Waals surface area contributed by atoms with Gasteiger partial charge in [-0.15, -0.1) is 6.58 Å². The van der Waals surface area contributed by atoms with E-state index in [0.29, 0.717) is 23.0 Å². The van der Waals surface area contributed by atoms with Crippen LogP contribution in [0.15, 0.2) is 24.8 Å². The van der Waals surface area contributed by atoms with Gasteiger partial charge in [0.25, 0.3) is 17.7 Å². The lowest BCUT2D eigenvalue weighted by atomic mass is 10.0. The van der Waals surface area contributed by atoms with Crippen LogP contribution in [-0.2, 0) is 9.59 Å².